The van der Waals surface area contributed by atoms with Gasteiger partial charge in [-0.15, -0.1) is 11.8 Å². The minimum absolute atomic E-state index is 0.208. The average molecular weight is 378 g/mol. The summed E-state index contributed by atoms with van der Waals surface area (Å²) in [5.74, 6) is 0.884. The zero-order chi connectivity index (χ0) is 18.9. The molecule has 2 aromatic rings. The van der Waals surface area contributed by atoms with E-state index in [-0.39, 0.29) is 18.5 Å². The Morgan fingerprint density at radius 3 is 2.77 bits per heavy atom. The monoisotopic (exact) mass is 378 g/mol. The predicted molar refractivity (Wildman–Crippen MR) is 102 cm³/mol. The summed E-state index contributed by atoms with van der Waals surface area (Å²) in [7, 11) is 3.35. The minimum atomic E-state index is -0.353. The highest BCUT2D eigenvalue weighted by Crippen LogP contribution is 2.28. The van der Waals surface area contributed by atoms with Gasteiger partial charge in [-0.25, -0.2) is 9.18 Å². The van der Waals surface area contributed by atoms with E-state index in [0.717, 1.165) is 16.2 Å². The second-order valence-corrected chi connectivity index (χ2v) is 6.43. The van der Waals surface area contributed by atoms with E-state index < -0.39 is 0 Å². The summed E-state index contributed by atoms with van der Waals surface area (Å²) in [5, 5.41) is 2.77. The van der Waals surface area contributed by atoms with E-state index in [2.05, 4.69) is 5.32 Å². The van der Waals surface area contributed by atoms with E-state index in [1.165, 1.54) is 12.1 Å². The third kappa shape index (κ3) is 5.84. The SMILES string of the molecule is COc1cc(CN(C)C(=O)NCCOc2cccc(F)c2)ccc1SC. The molecule has 0 aliphatic rings. The van der Waals surface area contributed by atoms with Crippen LogP contribution in [0.25, 0.3) is 0 Å². The van der Waals surface area contributed by atoms with Crippen molar-refractivity contribution in [2.24, 2.45) is 0 Å². The number of hydrogen-bond acceptors (Lipinski definition) is 4. The number of carbonyl (C=O) groups is 1. The van der Waals surface area contributed by atoms with Gasteiger partial charge in [0.2, 0.25) is 0 Å². The number of nitrogens with one attached hydrogen (secondary N) is 1. The van der Waals surface area contributed by atoms with Gasteiger partial charge in [-0.1, -0.05) is 12.1 Å². The van der Waals surface area contributed by atoms with Gasteiger partial charge in [0.25, 0.3) is 0 Å². The van der Waals surface area contributed by atoms with Crippen molar-refractivity contribution in [2.45, 2.75) is 11.4 Å². The minimum Gasteiger partial charge on any atom is -0.496 e. The van der Waals surface area contributed by atoms with Crippen molar-refractivity contribution >= 4 is 17.8 Å². The van der Waals surface area contributed by atoms with E-state index in [1.54, 1.807) is 43.0 Å². The maximum atomic E-state index is 13.1. The third-order valence-electron chi connectivity index (χ3n) is 3.66. The second kappa shape index (κ2) is 9.91. The van der Waals surface area contributed by atoms with Crippen LogP contribution in [0.4, 0.5) is 9.18 Å². The van der Waals surface area contributed by atoms with Gasteiger partial charge < -0.3 is 19.7 Å². The molecule has 0 fully saturated rings. The van der Waals surface area contributed by atoms with Gasteiger partial charge in [0, 0.05) is 24.6 Å². The van der Waals surface area contributed by atoms with Crippen LogP contribution in [0, 0.1) is 5.82 Å². The lowest BCUT2D eigenvalue weighted by Gasteiger charge is -2.19. The Bertz CT molecular complexity index is 742. The highest BCUT2D eigenvalue weighted by Gasteiger charge is 2.10. The molecule has 0 unspecified atom stereocenters. The Labute approximate surface area is 157 Å². The van der Waals surface area contributed by atoms with Crippen molar-refractivity contribution in [3.05, 3.63) is 53.8 Å². The van der Waals surface area contributed by atoms with Crippen molar-refractivity contribution in [1.29, 1.82) is 0 Å². The highest BCUT2D eigenvalue weighted by atomic mass is 32.2. The fourth-order valence-corrected chi connectivity index (χ4v) is 2.89. The van der Waals surface area contributed by atoms with Gasteiger partial charge in [0.1, 0.15) is 23.9 Å². The van der Waals surface area contributed by atoms with E-state index >= 15 is 0 Å². The number of urea groups is 1. The number of nitrogens with zero attached hydrogens (tertiary/aromatic N) is 1. The van der Waals surface area contributed by atoms with Gasteiger partial charge in [-0.05, 0) is 36.1 Å². The molecule has 2 amide bonds. The third-order valence-corrected chi connectivity index (χ3v) is 4.43. The van der Waals surface area contributed by atoms with Crippen molar-refractivity contribution in [3.63, 3.8) is 0 Å². The number of benzene rings is 2. The standard InChI is InChI=1S/C19H23FN2O3S/c1-22(13-14-7-8-18(26-3)17(11-14)24-2)19(23)21-9-10-25-16-6-4-5-15(20)12-16/h4-8,11-12H,9-10,13H2,1-3H3,(H,21,23). The number of rotatable bonds is 8. The molecule has 7 heteroatoms. The Kier molecular flexibility index (Phi) is 7.59. The Morgan fingerprint density at radius 2 is 2.08 bits per heavy atom. The van der Waals surface area contributed by atoms with Crippen LogP contribution < -0.4 is 14.8 Å². The Hall–Kier alpha value is -2.41. The first kappa shape index (κ1) is 19.9. The van der Waals surface area contributed by atoms with Gasteiger partial charge in [-0.3, -0.25) is 0 Å². The zero-order valence-electron chi connectivity index (χ0n) is 15.1. The van der Waals surface area contributed by atoms with Crippen molar-refractivity contribution in [3.8, 4) is 11.5 Å². The summed E-state index contributed by atoms with van der Waals surface area (Å²) in [6, 6.07) is 11.6. The molecule has 0 bridgehead atoms. The first-order valence-corrected chi connectivity index (χ1v) is 9.34. The van der Waals surface area contributed by atoms with Crippen molar-refractivity contribution < 1.29 is 18.7 Å². The summed E-state index contributed by atoms with van der Waals surface area (Å²) in [5.41, 5.74) is 0.980. The number of halogens is 1. The molecule has 26 heavy (non-hydrogen) atoms. The largest absolute Gasteiger partial charge is 0.496 e. The number of amides is 2. The first-order chi connectivity index (χ1) is 12.5. The van der Waals surface area contributed by atoms with E-state index in [4.69, 9.17) is 9.47 Å². The molecule has 0 spiro atoms. The number of hydrogen-bond donors (Lipinski definition) is 1. The van der Waals surface area contributed by atoms with E-state index in [1.807, 2.05) is 24.5 Å². The fraction of sp³-hybridized carbons (Fsp3) is 0.316. The van der Waals surface area contributed by atoms with Crippen molar-refractivity contribution in [2.75, 3.05) is 33.6 Å². The van der Waals surface area contributed by atoms with E-state index in [0.29, 0.717) is 18.8 Å². The summed E-state index contributed by atoms with van der Waals surface area (Å²) in [4.78, 5) is 14.8. The van der Waals surface area contributed by atoms with Crippen LogP contribution in [-0.4, -0.2) is 44.5 Å². The van der Waals surface area contributed by atoms with Crippen molar-refractivity contribution in [1.82, 2.24) is 10.2 Å². The molecule has 0 saturated heterocycles. The molecule has 0 saturated carbocycles. The number of methoxy groups -OCH3 is 1. The quantitative estimate of drug-likeness (QED) is 0.561. The molecule has 2 aromatic carbocycles. The lowest BCUT2D eigenvalue weighted by atomic mass is 10.2. The van der Waals surface area contributed by atoms with Gasteiger partial charge >= 0.3 is 6.03 Å². The predicted octanol–water partition coefficient (Wildman–Crippen LogP) is 3.78. The molecule has 0 atom stereocenters. The fourth-order valence-electron chi connectivity index (χ4n) is 2.34. The molecule has 2 rings (SSSR count). The van der Waals surface area contributed by atoms with Gasteiger partial charge in [0.15, 0.2) is 0 Å². The molecule has 1 N–H and O–H groups in total. The number of carbonyl (C=O) groups excluding carboxylic acids is 1. The van der Waals surface area contributed by atoms with Crippen LogP contribution >= 0.6 is 11.8 Å². The maximum Gasteiger partial charge on any atom is 0.317 e. The van der Waals surface area contributed by atoms with Crippen LogP contribution in [0.2, 0.25) is 0 Å². The Balaban J connectivity index is 1.78. The van der Waals surface area contributed by atoms with Gasteiger partial charge in [-0.2, -0.15) is 0 Å². The van der Waals surface area contributed by atoms with Gasteiger partial charge in [0.05, 0.1) is 13.7 Å². The summed E-state index contributed by atoms with van der Waals surface area (Å²) >= 11 is 1.61. The lowest BCUT2D eigenvalue weighted by molar-refractivity contribution is 0.203. The number of ether oxygens (including phenoxy) is 2. The van der Waals surface area contributed by atoms with Crippen LogP contribution in [-0.2, 0) is 6.54 Å². The second-order valence-electron chi connectivity index (χ2n) is 5.58. The molecule has 0 aliphatic carbocycles. The molecule has 0 radical (unpaired) electrons. The number of thioether (sulfide) groups is 1. The summed E-state index contributed by atoms with van der Waals surface area (Å²) in [6.07, 6.45) is 1.99. The highest BCUT2D eigenvalue weighted by molar-refractivity contribution is 7.98. The topological polar surface area (TPSA) is 50.8 Å². The molecule has 5 nitrogen and oxygen atoms in total. The summed E-state index contributed by atoms with van der Waals surface area (Å²) in [6.45, 7) is 1.05. The molecule has 0 aromatic heterocycles. The molecule has 0 aliphatic heterocycles. The van der Waals surface area contributed by atoms with Crippen LogP contribution in [0.1, 0.15) is 5.56 Å². The van der Waals surface area contributed by atoms with E-state index in [9.17, 15) is 9.18 Å². The molecule has 0 heterocycles. The maximum absolute atomic E-state index is 13.1. The average Bonchev–Trinajstić information content (AvgIpc) is 2.64. The van der Waals surface area contributed by atoms with Crippen LogP contribution in [0.5, 0.6) is 11.5 Å². The van der Waals surface area contributed by atoms with Crippen LogP contribution in [0.3, 0.4) is 0 Å². The smallest absolute Gasteiger partial charge is 0.317 e. The van der Waals surface area contributed by atoms with Crippen LogP contribution in [0.15, 0.2) is 47.4 Å². The molecule has 140 valence electrons. The molecular formula is C19H23FN2O3S. The Morgan fingerprint density at radius 1 is 1.27 bits per heavy atom. The normalized spacial score (nSPS) is 10.3. The summed E-state index contributed by atoms with van der Waals surface area (Å²) < 4.78 is 23.8. The first-order valence-electron chi connectivity index (χ1n) is 8.11. The molecular weight excluding hydrogens is 355 g/mol. The lowest BCUT2D eigenvalue weighted by Crippen LogP contribution is -2.38. The zero-order valence-corrected chi connectivity index (χ0v) is 15.9.